The van der Waals surface area contributed by atoms with Crippen molar-refractivity contribution in [3.8, 4) is 0 Å². The fraction of sp³-hybridized carbons (Fsp3) is 0.400. The van der Waals surface area contributed by atoms with Gasteiger partial charge in [-0.2, -0.15) is 0 Å². The summed E-state index contributed by atoms with van der Waals surface area (Å²) in [6.07, 6.45) is 0. The van der Waals surface area contributed by atoms with Crippen molar-refractivity contribution >= 4 is 22.7 Å². The van der Waals surface area contributed by atoms with Crippen molar-refractivity contribution in [1.82, 2.24) is 0 Å². The van der Waals surface area contributed by atoms with E-state index in [1.165, 1.54) is 0 Å². The van der Waals surface area contributed by atoms with E-state index < -0.39 is 10.0 Å². The van der Waals surface area contributed by atoms with Gasteiger partial charge in [-0.15, -0.1) is 0 Å². The van der Waals surface area contributed by atoms with Crippen molar-refractivity contribution in [1.29, 1.82) is 0 Å². The molecule has 0 saturated carbocycles. The van der Waals surface area contributed by atoms with Crippen LogP contribution >= 0.6 is 12.6 Å². The van der Waals surface area contributed by atoms with Gasteiger partial charge in [0.15, 0.2) is 0 Å². The molecule has 0 bridgehead atoms. The number of benzene rings is 1. The smallest absolute Gasteiger partial charge is 0.225 e. The van der Waals surface area contributed by atoms with Crippen molar-refractivity contribution in [2.24, 2.45) is 5.14 Å². The first kappa shape index (κ1) is 12.4. The molecular weight excluding hydrogens is 230 g/mol. The summed E-state index contributed by atoms with van der Waals surface area (Å²) in [5.74, 6) is 0. The molecular formula is C10H14NO2S2. The summed E-state index contributed by atoms with van der Waals surface area (Å²) in [5, 5.41) is 5.08. The zero-order valence-corrected chi connectivity index (χ0v) is 10.6. The molecule has 0 spiro atoms. The molecule has 0 amide bonds. The number of rotatable bonds is 1. The Kier molecular flexibility index (Phi) is 3.09. The topological polar surface area (TPSA) is 60.2 Å². The van der Waals surface area contributed by atoms with Crippen LogP contribution in [0.25, 0.3) is 0 Å². The minimum absolute atomic E-state index is 0.0323. The monoisotopic (exact) mass is 244 g/mol. The number of sulfonamides is 1. The molecule has 1 aromatic rings. The fourth-order valence-corrected chi connectivity index (χ4v) is 2.31. The summed E-state index contributed by atoms with van der Waals surface area (Å²) in [7, 11) is -3.72. The first-order valence-corrected chi connectivity index (χ1v) is 6.42. The number of hydrogen-bond acceptors (Lipinski definition) is 2. The quantitative estimate of drug-likeness (QED) is 0.823. The molecule has 3 nitrogen and oxygen atoms in total. The van der Waals surface area contributed by atoms with Gasteiger partial charge in [0.05, 0.1) is 4.90 Å². The SMILES string of the molecule is CC(C)(C)c1ccc([S])c(S(N)(=O)=O)c1. The maximum atomic E-state index is 11.2. The molecule has 0 atom stereocenters. The van der Waals surface area contributed by atoms with Crippen LogP contribution in [0.3, 0.4) is 0 Å². The molecule has 83 valence electrons. The number of nitrogens with two attached hydrogens (primary N) is 1. The molecule has 0 fully saturated rings. The molecule has 1 radical (unpaired) electrons. The summed E-state index contributed by atoms with van der Waals surface area (Å²) >= 11 is 4.92. The van der Waals surface area contributed by atoms with Crippen LogP contribution in [0.5, 0.6) is 0 Å². The predicted molar refractivity (Wildman–Crippen MR) is 62.4 cm³/mol. The average Bonchev–Trinajstić information content (AvgIpc) is 2.00. The highest BCUT2D eigenvalue weighted by atomic mass is 32.2. The van der Waals surface area contributed by atoms with Crippen molar-refractivity contribution in [3.05, 3.63) is 23.8 Å². The van der Waals surface area contributed by atoms with Gasteiger partial charge in [0.1, 0.15) is 4.90 Å². The molecule has 0 heterocycles. The highest BCUT2D eigenvalue weighted by Crippen LogP contribution is 2.27. The van der Waals surface area contributed by atoms with E-state index >= 15 is 0 Å². The Morgan fingerprint density at radius 1 is 1.27 bits per heavy atom. The van der Waals surface area contributed by atoms with Gasteiger partial charge in [-0.1, -0.05) is 39.5 Å². The molecule has 15 heavy (non-hydrogen) atoms. The van der Waals surface area contributed by atoms with Gasteiger partial charge in [0, 0.05) is 0 Å². The molecule has 0 unspecified atom stereocenters. The molecule has 1 rings (SSSR count). The van der Waals surface area contributed by atoms with Crippen molar-refractivity contribution < 1.29 is 8.42 Å². The van der Waals surface area contributed by atoms with E-state index in [1.807, 2.05) is 26.8 Å². The minimum atomic E-state index is -3.72. The lowest BCUT2D eigenvalue weighted by Crippen LogP contribution is -2.16. The molecule has 0 aromatic heterocycles. The van der Waals surface area contributed by atoms with Crippen LogP contribution in [0.1, 0.15) is 26.3 Å². The largest absolute Gasteiger partial charge is 0.239 e. The van der Waals surface area contributed by atoms with Crippen molar-refractivity contribution in [3.63, 3.8) is 0 Å². The Hall–Kier alpha value is -0.650. The van der Waals surface area contributed by atoms with Gasteiger partial charge in [-0.3, -0.25) is 0 Å². The van der Waals surface area contributed by atoms with Gasteiger partial charge in [-0.25, -0.2) is 13.6 Å². The average molecular weight is 244 g/mol. The molecule has 0 aliphatic carbocycles. The van der Waals surface area contributed by atoms with E-state index in [9.17, 15) is 8.42 Å². The minimum Gasteiger partial charge on any atom is -0.225 e. The molecule has 0 aliphatic heterocycles. The lowest BCUT2D eigenvalue weighted by atomic mass is 9.87. The first-order valence-electron chi connectivity index (χ1n) is 4.47. The van der Waals surface area contributed by atoms with Gasteiger partial charge < -0.3 is 0 Å². The zero-order chi connectivity index (χ0) is 11.9. The van der Waals surface area contributed by atoms with Crippen LogP contribution in [-0.4, -0.2) is 8.42 Å². The summed E-state index contributed by atoms with van der Waals surface area (Å²) in [4.78, 5) is 0.301. The molecule has 0 aliphatic rings. The van der Waals surface area contributed by atoms with Gasteiger partial charge in [0.25, 0.3) is 0 Å². The van der Waals surface area contributed by atoms with Crippen LogP contribution in [0.4, 0.5) is 0 Å². The maximum Gasteiger partial charge on any atom is 0.239 e. The number of hydrogen-bond donors (Lipinski definition) is 1. The second kappa shape index (κ2) is 3.73. The van der Waals surface area contributed by atoms with Crippen LogP contribution in [0.2, 0.25) is 0 Å². The van der Waals surface area contributed by atoms with Crippen molar-refractivity contribution in [2.45, 2.75) is 36.0 Å². The normalized spacial score (nSPS) is 12.8. The van der Waals surface area contributed by atoms with Crippen LogP contribution in [-0.2, 0) is 15.4 Å². The summed E-state index contributed by atoms with van der Waals surface area (Å²) < 4.78 is 22.5. The van der Waals surface area contributed by atoms with Crippen LogP contribution < -0.4 is 5.14 Å². The van der Waals surface area contributed by atoms with E-state index in [2.05, 4.69) is 0 Å². The molecule has 0 saturated heterocycles. The van der Waals surface area contributed by atoms with E-state index in [-0.39, 0.29) is 15.2 Å². The fourth-order valence-electron chi connectivity index (χ4n) is 1.20. The zero-order valence-electron chi connectivity index (χ0n) is 8.94. The van der Waals surface area contributed by atoms with Crippen LogP contribution in [0.15, 0.2) is 28.0 Å². The predicted octanol–water partition coefficient (Wildman–Crippen LogP) is 2.19. The van der Waals surface area contributed by atoms with Crippen molar-refractivity contribution in [2.75, 3.05) is 0 Å². The summed E-state index contributed by atoms with van der Waals surface area (Å²) in [5.41, 5.74) is 0.780. The highest BCUT2D eigenvalue weighted by molar-refractivity contribution is 7.90. The third-order valence-electron chi connectivity index (χ3n) is 2.12. The highest BCUT2D eigenvalue weighted by Gasteiger charge is 2.19. The Balaban J connectivity index is 3.43. The van der Waals surface area contributed by atoms with Gasteiger partial charge in [0.2, 0.25) is 10.0 Å². The second-order valence-corrected chi connectivity index (χ2v) is 6.43. The lowest BCUT2D eigenvalue weighted by Gasteiger charge is -2.19. The standard InChI is InChI=1S/C10H14NO2S2/c1-10(2,3)7-4-5-8(14)9(6-7)15(11,12)13/h4-6H,1-3H3,(H2,11,12,13). The molecule has 1 aromatic carbocycles. The maximum absolute atomic E-state index is 11.2. The first-order chi connectivity index (χ1) is 6.62. The Labute approximate surface area is 96.1 Å². The van der Waals surface area contributed by atoms with E-state index in [0.717, 1.165) is 5.56 Å². The lowest BCUT2D eigenvalue weighted by molar-refractivity contribution is 0.582. The van der Waals surface area contributed by atoms with Gasteiger partial charge >= 0.3 is 0 Å². The Bertz CT molecular complexity index is 473. The number of primary sulfonamides is 1. The Morgan fingerprint density at radius 3 is 2.20 bits per heavy atom. The Morgan fingerprint density at radius 2 is 1.80 bits per heavy atom. The summed E-state index contributed by atoms with van der Waals surface area (Å²) in [6.45, 7) is 5.99. The van der Waals surface area contributed by atoms with E-state index in [1.54, 1.807) is 12.1 Å². The van der Waals surface area contributed by atoms with E-state index in [0.29, 0.717) is 0 Å². The molecule has 5 heteroatoms. The third kappa shape index (κ3) is 2.90. The van der Waals surface area contributed by atoms with Crippen LogP contribution in [0, 0.1) is 0 Å². The second-order valence-electron chi connectivity index (χ2n) is 4.46. The van der Waals surface area contributed by atoms with Gasteiger partial charge in [-0.05, 0) is 23.1 Å². The molecule has 2 N–H and O–H groups in total. The third-order valence-corrected chi connectivity index (χ3v) is 3.55. The summed E-state index contributed by atoms with van der Waals surface area (Å²) in [6, 6.07) is 4.99. The van der Waals surface area contributed by atoms with E-state index in [4.69, 9.17) is 17.8 Å².